The molecule has 21 aliphatic heterocycles. The summed E-state index contributed by atoms with van der Waals surface area (Å²) in [5.74, 6) is 0. The van der Waals surface area contributed by atoms with Gasteiger partial charge in [-0.25, -0.2) is 4.79 Å². The van der Waals surface area contributed by atoms with Crippen molar-refractivity contribution in [2.45, 2.75) is 306 Å². The van der Waals surface area contributed by atoms with Crippen LogP contribution in [0.15, 0.2) is 0 Å². The molecule has 0 aromatic heterocycles. The first-order valence-corrected chi connectivity index (χ1v) is 33.2. The van der Waals surface area contributed by atoms with Crippen molar-refractivity contribution in [1.82, 2.24) is 10.6 Å². The number of unbranched alkanes of at least 4 members (excludes halogenated alkanes) is 9. The van der Waals surface area contributed by atoms with E-state index in [2.05, 4.69) is 10.6 Å². The molecular weight excluding hydrogens is 1310 g/mol. The SMILES string of the molecule is CC(C)(C)OC(=O)NCCCCCCCCCCCCNC[C@@H]1O[C@@H]2O[C@H]3[C@H](O)[C@H](O)[C@@H](O[C@H]4[C@@H](O)[C@H](O)[C@@H](O[C@H]5[C@H](O)[C@@H](O)[C@@H](O[C@H]6[C@H](O)[C@@H](O)[C@@H](O[C@H]7[C@H](O)[C@@H](O)[C@@H](O[C@H]8[C@H](O)[C@@H](O)[C@@H](O[C@H]1[C@H](O)[C@H]2O)O[C@H]8CO)O[C@H]7CO)O[C@H]6CO)O[C@@H]5CO)O[C@@H]4CO)O[C@@H]3CO. The second-order valence-electron chi connectivity index (χ2n) is 26.6. The molecule has 0 spiro atoms. The van der Waals surface area contributed by atoms with E-state index in [1.165, 1.54) is 0 Å². The van der Waals surface area contributed by atoms with Gasteiger partial charge in [-0.2, -0.15) is 0 Å². The molecule has 21 rings (SSSR count). The minimum Gasteiger partial charge on any atom is -0.444 e. The van der Waals surface area contributed by atoms with Crippen molar-refractivity contribution >= 4 is 6.09 Å². The standard InChI is InChI=1S/C59H104N2O36/c1-59(2,3)97-58(82)61-15-13-11-9-7-5-4-6-8-10-12-14-60-16-23-44-30(68)37(75)51(83-23)91-45-24(17-62)85-53(39(77)32(45)70)93-47-26(19-64)87-55(41(79)34(47)72)95-49-28(21-66)89-57(43(81)36(49)74)96-50-29(22-67)88-56(42(80)35(50)73)94-48-27(20-65)86-54(40(78)33(48)71)92-46-25(18-63)84-52(90-44)38(76)31(46)69/h23-57,60,62-81H,4-22H2,1-3H3,(H,61,82)/t23-,24+,25-,26+,27-,28+,29-,30+,31+,32+,33+,34-,35+,36+,37+,38+,39-,40+,41-,42+,43+,44+,45+,46+,47+,48+,49+,50+,51+,52+,53+,54+,55+,56+,57+/m0/s1. The topological polar surface area (TPSA) is 584 Å². The molecule has 0 unspecified atom stereocenters. The van der Waals surface area contributed by atoms with Gasteiger partial charge in [-0.05, 0) is 40.2 Å². The Morgan fingerprint density at radius 3 is 0.701 bits per heavy atom. The summed E-state index contributed by atoms with van der Waals surface area (Å²) in [5, 5.41) is 231. The Kier molecular flexibility index (Phi) is 30.7. The van der Waals surface area contributed by atoms with Gasteiger partial charge in [0.05, 0.1) is 39.6 Å². The number of ether oxygens (including phenoxy) is 15. The number of carbonyl (C=O) groups excluding carboxylic acids is 1. The highest BCUT2D eigenvalue weighted by Gasteiger charge is 2.60. The van der Waals surface area contributed by atoms with Gasteiger partial charge in [-0.3, -0.25) is 0 Å². The molecule has 566 valence electrons. The minimum atomic E-state index is -2.21. The fraction of sp³-hybridized carbons (Fsp3) is 0.983. The predicted octanol–water partition coefficient (Wildman–Crippen LogP) is -10.2. The van der Waals surface area contributed by atoms with Gasteiger partial charge in [0, 0.05) is 13.1 Å². The number of hydrogen-bond donors (Lipinski definition) is 22. The van der Waals surface area contributed by atoms with Crippen LogP contribution in [0.4, 0.5) is 4.79 Å². The number of aliphatic hydroxyl groups is 20. The Morgan fingerprint density at radius 1 is 0.289 bits per heavy atom. The smallest absolute Gasteiger partial charge is 0.407 e. The molecule has 14 bridgehead atoms. The van der Waals surface area contributed by atoms with E-state index in [4.69, 9.17) is 71.1 Å². The molecule has 0 aliphatic carbocycles. The van der Waals surface area contributed by atoms with E-state index in [-0.39, 0.29) is 6.54 Å². The monoisotopic (exact) mass is 1420 g/mol. The van der Waals surface area contributed by atoms with Crippen LogP contribution in [0.3, 0.4) is 0 Å². The van der Waals surface area contributed by atoms with E-state index in [0.29, 0.717) is 19.5 Å². The second-order valence-corrected chi connectivity index (χ2v) is 26.6. The highest BCUT2D eigenvalue weighted by Crippen LogP contribution is 2.39. The van der Waals surface area contributed by atoms with Gasteiger partial charge in [0.15, 0.2) is 44.0 Å². The summed E-state index contributed by atoms with van der Waals surface area (Å²) in [6.45, 7) is -0.139. The Labute approximate surface area is 558 Å². The molecule has 0 aromatic rings. The Balaban J connectivity index is 0.993. The average Bonchev–Trinajstić information content (AvgIpc) is 0.789. The number of carbonyl (C=O) groups is 1. The summed E-state index contributed by atoms with van der Waals surface area (Å²) in [6, 6.07) is 0. The van der Waals surface area contributed by atoms with Crippen LogP contribution in [0, 0.1) is 0 Å². The predicted molar refractivity (Wildman–Crippen MR) is 315 cm³/mol. The highest BCUT2D eigenvalue weighted by molar-refractivity contribution is 5.67. The van der Waals surface area contributed by atoms with Gasteiger partial charge >= 0.3 is 6.09 Å². The van der Waals surface area contributed by atoms with Crippen LogP contribution in [-0.2, 0) is 71.1 Å². The lowest BCUT2D eigenvalue weighted by molar-refractivity contribution is -0.396. The van der Waals surface area contributed by atoms with Gasteiger partial charge in [-0.1, -0.05) is 51.4 Å². The maximum Gasteiger partial charge on any atom is 0.407 e. The summed E-state index contributed by atoms with van der Waals surface area (Å²) < 4.78 is 87.2. The highest BCUT2D eigenvalue weighted by atomic mass is 16.8. The first kappa shape index (κ1) is 80.6. The number of rotatable bonds is 21. The molecule has 0 saturated carbocycles. The Hall–Kier alpha value is -2.13. The number of aliphatic hydroxyl groups excluding tert-OH is 20. The van der Waals surface area contributed by atoms with Crippen molar-refractivity contribution in [3.05, 3.63) is 0 Å². The van der Waals surface area contributed by atoms with E-state index in [1.54, 1.807) is 20.8 Å². The summed E-state index contributed by atoms with van der Waals surface area (Å²) >= 11 is 0. The Bertz CT molecular complexity index is 2290. The maximum atomic E-state index is 11.9. The zero-order valence-corrected chi connectivity index (χ0v) is 54.1. The molecule has 21 fully saturated rings. The average molecular weight is 1420 g/mol. The van der Waals surface area contributed by atoms with Gasteiger partial charge in [0.25, 0.3) is 0 Å². The largest absolute Gasteiger partial charge is 0.444 e. The van der Waals surface area contributed by atoms with E-state index < -0.39 is 266 Å². The van der Waals surface area contributed by atoms with Gasteiger partial charge in [0.2, 0.25) is 0 Å². The summed E-state index contributed by atoms with van der Waals surface area (Å²) in [4.78, 5) is 11.9. The van der Waals surface area contributed by atoms with Crippen molar-refractivity contribution < 1.29 is 178 Å². The maximum absolute atomic E-state index is 11.9. The third-order valence-corrected chi connectivity index (χ3v) is 18.4. The lowest BCUT2D eigenvalue weighted by Crippen LogP contribution is -2.68. The molecule has 21 aliphatic rings. The van der Waals surface area contributed by atoms with E-state index in [1.807, 2.05) is 0 Å². The zero-order valence-electron chi connectivity index (χ0n) is 54.1. The Morgan fingerprint density at radius 2 is 0.485 bits per heavy atom. The number of hydrogen-bond acceptors (Lipinski definition) is 37. The van der Waals surface area contributed by atoms with Gasteiger partial charge < -0.3 is 184 Å². The van der Waals surface area contributed by atoms with Crippen LogP contribution in [0.1, 0.15) is 85.0 Å². The first-order chi connectivity index (χ1) is 46.2. The van der Waals surface area contributed by atoms with Crippen LogP contribution in [0.2, 0.25) is 0 Å². The van der Waals surface area contributed by atoms with Crippen molar-refractivity contribution in [1.29, 1.82) is 0 Å². The van der Waals surface area contributed by atoms with Crippen molar-refractivity contribution in [2.75, 3.05) is 59.3 Å². The molecule has 97 heavy (non-hydrogen) atoms. The van der Waals surface area contributed by atoms with Gasteiger partial charge in [-0.15, -0.1) is 0 Å². The fourth-order valence-corrected chi connectivity index (χ4v) is 13.0. The van der Waals surface area contributed by atoms with E-state index >= 15 is 0 Å². The molecule has 1 amide bonds. The molecule has 0 aromatic carbocycles. The van der Waals surface area contributed by atoms with Crippen molar-refractivity contribution in [3.63, 3.8) is 0 Å². The van der Waals surface area contributed by atoms with Gasteiger partial charge in [0.1, 0.15) is 177 Å². The van der Waals surface area contributed by atoms with E-state index in [9.17, 15) is 107 Å². The molecule has 21 heterocycles. The first-order valence-electron chi connectivity index (χ1n) is 33.2. The number of alkyl carbamates (subject to hydrolysis) is 1. The second kappa shape index (κ2) is 37.0. The van der Waals surface area contributed by atoms with Crippen LogP contribution in [-0.4, -0.2) is 388 Å². The van der Waals surface area contributed by atoms with Crippen LogP contribution < -0.4 is 10.6 Å². The minimum absolute atomic E-state index is 0.206. The normalized spacial score (nSPS) is 46.5. The van der Waals surface area contributed by atoms with Crippen molar-refractivity contribution in [2.24, 2.45) is 0 Å². The summed E-state index contributed by atoms with van der Waals surface area (Å²) in [6.07, 6.45) is -60.6. The third kappa shape index (κ3) is 19.6. The summed E-state index contributed by atoms with van der Waals surface area (Å²) in [7, 11) is 0. The van der Waals surface area contributed by atoms with Crippen LogP contribution >= 0.6 is 0 Å². The quantitative estimate of drug-likeness (QED) is 0.0475. The van der Waals surface area contributed by atoms with Crippen molar-refractivity contribution in [3.8, 4) is 0 Å². The number of nitrogens with one attached hydrogen (secondary N) is 2. The van der Waals surface area contributed by atoms with Crippen LogP contribution in [0.25, 0.3) is 0 Å². The molecule has 0 radical (unpaired) electrons. The molecular formula is C59H104N2O36. The van der Waals surface area contributed by atoms with E-state index in [0.717, 1.165) is 57.8 Å². The van der Waals surface area contributed by atoms with Crippen LogP contribution in [0.5, 0.6) is 0 Å². The molecule has 38 heteroatoms. The lowest BCUT2D eigenvalue weighted by atomic mass is 9.95. The number of amides is 1. The third-order valence-electron chi connectivity index (χ3n) is 18.4. The lowest BCUT2D eigenvalue weighted by Gasteiger charge is -2.50. The molecule has 22 N–H and O–H groups in total. The molecule has 38 nitrogen and oxygen atoms in total. The fourth-order valence-electron chi connectivity index (χ4n) is 13.0. The summed E-state index contributed by atoms with van der Waals surface area (Å²) in [5.41, 5.74) is -0.572. The zero-order chi connectivity index (χ0) is 70.7. The molecule has 35 atom stereocenters. The molecule has 21 saturated heterocycles.